The number of ether oxygens (including phenoxy) is 4. The average Bonchev–Trinajstić information content (AvgIpc) is 2.53. The predicted octanol–water partition coefficient (Wildman–Crippen LogP) is 0.510. The molecule has 21 heavy (non-hydrogen) atoms. The Bertz CT molecular complexity index is 433. The third kappa shape index (κ3) is 5.42. The number of hydrogen-bond acceptors (Lipinski definition) is 8. The fourth-order valence-electron chi connectivity index (χ4n) is 1.58. The van der Waals surface area contributed by atoms with Crippen molar-refractivity contribution in [2.75, 3.05) is 53.0 Å². The SMILES string of the molecule is COCCN(CCC(=O)OC)c1nc(OC)cc(OC)n1. The smallest absolute Gasteiger partial charge is 0.307 e. The lowest BCUT2D eigenvalue weighted by atomic mass is 10.4. The number of esters is 1. The zero-order valence-corrected chi connectivity index (χ0v) is 12.8. The lowest BCUT2D eigenvalue weighted by molar-refractivity contribution is -0.140. The molecule has 0 amide bonds. The summed E-state index contributed by atoms with van der Waals surface area (Å²) in [5.41, 5.74) is 0. The van der Waals surface area contributed by atoms with Crippen LogP contribution in [0.5, 0.6) is 11.8 Å². The molecule has 1 heterocycles. The van der Waals surface area contributed by atoms with E-state index in [-0.39, 0.29) is 12.4 Å². The Morgan fingerprint density at radius 1 is 1.10 bits per heavy atom. The molecular formula is C13H21N3O5. The highest BCUT2D eigenvalue weighted by Gasteiger charge is 2.15. The van der Waals surface area contributed by atoms with Crippen LogP contribution in [0.2, 0.25) is 0 Å². The van der Waals surface area contributed by atoms with Crippen LogP contribution in [0.25, 0.3) is 0 Å². The van der Waals surface area contributed by atoms with E-state index in [1.54, 1.807) is 13.2 Å². The van der Waals surface area contributed by atoms with Gasteiger partial charge in [-0.2, -0.15) is 9.97 Å². The summed E-state index contributed by atoms with van der Waals surface area (Å²) in [7, 11) is 5.98. The lowest BCUT2D eigenvalue weighted by Crippen LogP contribution is -2.31. The Kier molecular flexibility index (Phi) is 7.24. The highest BCUT2D eigenvalue weighted by molar-refractivity contribution is 5.69. The van der Waals surface area contributed by atoms with E-state index < -0.39 is 0 Å². The highest BCUT2D eigenvalue weighted by atomic mass is 16.5. The van der Waals surface area contributed by atoms with Crippen molar-refractivity contribution in [2.24, 2.45) is 0 Å². The zero-order valence-electron chi connectivity index (χ0n) is 12.8. The summed E-state index contributed by atoms with van der Waals surface area (Å²) in [5, 5.41) is 0. The van der Waals surface area contributed by atoms with Gasteiger partial charge in [-0.1, -0.05) is 0 Å². The van der Waals surface area contributed by atoms with Crippen LogP contribution < -0.4 is 14.4 Å². The van der Waals surface area contributed by atoms with Crippen molar-refractivity contribution >= 4 is 11.9 Å². The normalized spacial score (nSPS) is 10.1. The van der Waals surface area contributed by atoms with Crippen LogP contribution in [0.3, 0.4) is 0 Å². The van der Waals surface area contributed by atoms with E-state index in [1.165, 1.54) is 21.3 Å². The predicted molar refractivity (Wildman–Crippen MR) is 75.9 cm³/mol. The van der Waals surface area contributed by atoms with E-state index in [0.717, 1.165) is 0 Å². The molecule has 0 radical (unpaired) electrons. The molecule has 0 fully saturated rings. The van der Waals surface area contributed by atoms with Gasteiger partial charge in [0.15, 0.2) is 0 Å². The Morgan fingerprint density at radius 3 is 2.19 bits per heavy atom. The molecule has 8 heteroatoms. The average molecular weight is 299 g/mol. The second kappa shape index (κ2) is 8.96. The Labute approximate surface area is 124 Å². The molecule has 0 aliphatic carbocycles. The second-order valence-corrected chi connectivity index (χ2v) is 4.06. The van der Waals surface area contributed by atoms with Crippen LogP contribution in [0.1, 0.15) is 6.42 Å². The topological polar surface area (TPSA) is 83.0 Å². The van der Waals surface area contributed by atoms with Crippen molar-refractivity contribution in [1.29, 1.82) is 0 Å². The molecule has 118 valence electrons. The Balaban J connectivity index is 2.92. The summed E-state index contributed by atoms with van der Waals surface area (Å²) in [4.78, 5) is 21.6. The molecule has 1 aromatic rings. The first-order valence-corrected chi connectivity index (χ1v) is 6.42. The van der Waals surface area contributed by atoms with Crippen molar-refractivity contribution < 1.29 is 23.7 Å². The molecule has 0 aromatic carbocycles. The van der Waals surface area contributed by atoms with Crippen LogP contribution in [-0.2, 0) is 14.3 Å². The van der Waals surface area contributed by atoms with Gasteiger partial charge < -0.3 is 23.8 Å². The number of hydrogen-bond donors (Lipinski definition) is 0. The van der Waals surface area contributed by atoms with Crippen LogP contribution in [0.15, 0.2) is 6.07 Å². The molecule has 0 atom stereocenters. The van der Waals surface area contributed by atoms with Gasteiger partial charge in [-0.25, -0.2) is 0 Å². The largest absolute Gasteiger partial charge is 0.481 e. The number of carbonyl (C=O) groups is 1. The van der Waals surface area contributed by atoms with Gasteiger partial charge in [-0.3, -0.25) is 4.79 Å². The van der Waals surface area contributed by atoms with Gasteiger partial charge >= 0.3 is 5.97 Å². The van der Waals surface area contributed by atoms with Crippen LogP contribution >= 0.6 is 0 Å². The maximum Gasteiger partial charge on any atom is 0.307 e. The van der Waals surface area contributed by atoms with Crippen molar-refractivity contribution in [1.82, 2.24) is 9.97 Å². The zero-order chi connectivity index (χ0) is 15.7. The standard InChI is InChI=1S/C13H21N3O5/c1-18-8-7-16(6-5-12(17)21-4)13-14-10(19-2)9-11(15-13)20-3/h9H,5-8H2,1-4H3. The van der Waals surface area contributed by atoms with Gasteiger partial charge in [0, 0.05) is 20.2 Å². The van der Waals surface area contributed by atoms with Crippen LogP contribution in [0.4, 0.5) is 5.95 Å². The number of nitrogens with zero attached hydrogens (tertiary/aromatic N) is 3. The number of carbonyl (C=O) groups excluding carboxylic acids is 1. The molecule has 0 aliphatic rings. The maximum atomic E-state index is 11.3. The minimum Gasteiger partial charge on any atom is -0.481 e. The first-order chi connectivity index (χ1) is 10.1. The number of methoxy groups -OCH3 is 4. The Hall–Kier alpha value is -2.09. The number of anilines is 1. The number of rotatable bonds is 9. The second-order valence-electron chi connectivity index (χ2n) is 4.06. The maximum absolute atomic E-state index is 11.3. The fraction of sp³-hybridized carbons (Fsp3) is 0.615. The summed E-state index contributed by atoms with van der Waals surface area (Å²) in [6.07, 6.45) is 0.225. The summed E-state index contributed by atoms with van der Waals surface area (Å²) in [5.74, 6) is 0.883. The quantitative estimate of drug-likeness (QED) is 0.610. The third-order valence-corrected chi connectivity index (χ3v) is 2.75. The van der Waals surface area contributed by atoms with Crippen molar-refractivity contribution in [3.05, 3.63) is 6.07 Å². The molecule has 1 aromatic heterocycles. The summed E-state index contributed by atoms with van der Waals surface area (Å²) in [6.45, 7) is 1.42. The molecule has 0 bridgehead atoms. The van der Waals surface area contributed by atoms with Gasteiger partial charge in [0.1, 0.15) is 0 Å². The van der Waals surface area contributed by atoms with Crippen molar-refractivity contribution in [3.63, 3.8) is 0 Å². The first-order valence-electron chi connectivity index (χ1n) is 6.42. The van der Waals surface area contributed by atoms with Gasteiger partial charge in [0.25, 0.3) is 0 Å². The lowest BCUT2D eigenvalue weighted by Gasteiger charge is -2.22. The van der Waals surface area contributed by atoms with Gasteiger partial charge in [0.2, 0.25) is 17.7 Å². The summed E-state index contributed by atoms with van der Waals surface area (Å²) >= 11 is 0. The molecule has 0 aliphatic heterocycles. The molecular weight excluding hydrogens is 278 g/mol. The van der Waals surface area contributed by atoms with E-state index >= 15 is 0 Å². The molecule has 0 spiro atoms. The van der Waals surface area contributed by atoms with Gasteiger partial charge in [-0.05, 0) is 0 Å². The molecule has 0 saturated carbocycles. The minimum atomic E-state index is -0.299. The first kappa shape index (κ1) is 17.0. The van der Waals surface area contributed by atoms with Crippen molar-refractivity contribution in [3.8, 4) is 11.8 Å². The van der Waals surface area contributed by atoms with E-state index in [1.807, 2.05) is 4.90 Å². The number of aromatic nitrogens is 2. The van der Waals surface area contributed by atoms with E-state index in [2.05, 4.69) is 14.7 Å². The monoisotopic (exact) mass is 299 g/mol. The van der Waals surface area contributed by atoms with E-state index in [9.17, 15) is 4.79 Å². The van der Waals surface area contributed by atoms with Crippen molar-refractivity contribution in [2.45, 2.75) is 6.42 Å². The fourth-order valence-corrected chi connectivity index (χ4v) is 1.58. The minimum absolute atomic E-state index is 0.225. The van der Waals surface area contributed by atoms with E-state index in [0.29, 0.717) is 37.4 Å². The third-order valence-electron chi connectivity index (χ3n) is 2.75. The summed E-state index contributed by atoms with van der Waals surface area (Å²) in [6, 6.07) is 1.58. The summed E-state index contributed by atoms with van der Waals surface area (Å²) < 4.78 is 19.9. The van der Waals surface area contributed by atoms with Gasteiger partial charge in [0.05, 0.1) is 40.4 Å². The van der Waals surface area contributed by atoms with Crippen LogP contribution in [-0.4, -0.2) is 64.1 Å². The van der Waals surface area contributed by atoms with E-state index in [4.69, 9.17) is 14.2 Å². The molecule has 0 N–H and O–H groups in total. The molecule has 1 rings (SSSR count). The molecule has 0 saturated heterocycles. The highest BCUT2D eigenvalue weighted by Crippen LogP contribution is 2.20. The molecule has 8 nitrogen and oxygen atoms in total. The molecule has 0 unspecified atom stereocenters. The Morgan fingerprint density at radius 2 is 1.71 bits per heavy atom. The van der Waals surface area contributed by atoms with Gasteiger partial charge in [-0.15, -0.1) is 0 Å². The van der Waals surface area contributed by atoms with Crippen LogP contribution in [0, 0.1) is 0 Å².